The van der Waals surface area contributed by atoms with Crippen LogP contribution in [0, 0.1) is 0 Å². The Morgan fingerprint density at radius 2 is 2.19 bits per heavy atom. The van der Waals surface area contributed by atoms with Crippen LogP contribution in [0.15, 0.2) is 23.1 Å². The van der Waals surface area contributed by atoms with E-state index in [4.69, 9.17) is 0 Å². The van der Waals surface area contributed by atoms with Crippen molar-refractivity contribution in [2.45, 2.75) is 24.8 Å². The molecule has 1 aromatic rings. The Hall–Kier alpha value is -1.44. The molecule has 6 nitrogen and oxygen atoms in total. The van der Waals surface area contributed by atoms with Crippen molar-refractivity contribution in [3.05, 3.63) is 29.3 Å². The summed E-state index contributed by atoms with van der Waals surface area (Å²) in [5.74, 6) is -0.313. The topological polar surface area (TPSA) is 78.5 Å². The molecule has 1 aliphatic heterocycles. The molecule has 2 rings (SSSR count). The van der Waals surface area contributed by atoms with Gasteiger partial charge in [-0.3, -0.25) is 4.79 Å². The Bertz CT molecular complexity index is 628. The fourth-order valence-corrected chi connectivity index (χ4v) is 4.18. The number of fused-ring (bicyclic) bond motifs is 1. The summed E-state index contributed by atoms with van der Waals surface area (Å²) in [7, 11) is -2.15. The molecule has 1 amide bonds. The lowest BCUT2D eigenvalue weighted by Gasteiger charge is -2.24. The SMILES string of the molecule is CCN(CC(=O)NC)S(=O)(=O)c1cccc2c1CCNC2. The van der Waals surface area contributed by atoms with Crippen LogP contribution in [0.4, 0.5) is 0 Å². The molecule has 0 unspecified atom stereocenters. The van der Waals surface area contributed by atoms with Crippen LogP contribution in [0.3, 0.4) is 0 Å². The quantitative estimate of drug-likeness (QED) is 0.808. The number of rotatable bonds is 5. The Morgan fingerprint density at radius 1 is 1.43 bits per heavy atom. The van der Waals surface area contributed by atoms with Crippen molar-refractivity contribution in [1.29, 1.82) is 0 Å². The molecule has 0 spiro atoms. The lowest BCUT2D eigenvalue weighted by molar-refractivity contribution is -0.120. The second-order valence-corrected chi connectivity index (χ2v) is 6.83. The number of hydrogen-bond donors (Lipinski definition) is 2. The summed E-state index contributed by atoms with van der Waals surface area (Å²) in [6.07, 6.45) is 0.683. The van der Waals surface area contributed by atoms with Crippen LogP contribution in [0.25, 0.3) is 0 Å². The maximum absolute atomic E-state index is 12.8. The normalized spacial score (nSPS) is 14.8. The summed E-state index contributed by atoms with van der Waals surface area (Å²) < 4.78 is 26.8. The minimum absolute atomic E-state index is 0.156. The number of hydrogen-bond acceptors (Lipinski definition) is 4. The molecule has 1 heterocycles. The van der Waals surface area contributed by atoms with Crippen molar-refractivity contribution < 1.29 is 13.2 Å². The second kappa shape index (κ2) is 6.55. The Morgan fingerprint density at radius 3 is 2.86 bits per heavy atom. The molecule has 1 aliphatic rings. The van der Waals surface area contributed by atoms with Crippen molar-refractivity contribution in [2.75, 3.05) is 26.7 Å². The van der Waals surface area contributed by atoms with Gasteiger partial charge in [0.05, 0.1) is 11.4 Å². The molecule has 21 heavy (non-hydrogen) atoms. The zero-order valence-electron chi connectivity index (χ0n) is 12.3. The van der Waals surface area contributed by atoms with Gasteiger partial charge in [-0.15, -0.1) is 0 Å². The number of likely N-dealkylation sites (N-methyl/N-ethyl adjacent to an activating group) is 2. The summed E-state index contributed by atoms with van der Waals surface area (Å²) in [5.41, 5.74) is 1.88. The summed E-state index contributed by atoms with van der Waals surface area (Å²) in [4.78, 5) is 11.8. The molecule has 7 heteroatoms. The number of carbonyl (C=O) groups excluding carboxylic acids is 1. The molecule has 0 aliphatic carbocycles. The van der Waals surface area contributed by atoms with Crippen LogP contribution in [0.5, 0.6) is 0 Å². The Labute approximate surface area is 125 Å². The highest BCUT2D eigenvalue weighted by atomic mass is 32.2. The van der Waals surface area contributed by atoms with Crippen LogP contribution in [-0.4, -0.2) is 45.3 Å². The van der Waals surface area contributed by atoms with Gasteiger partial charge in [0.15, 0.2) is 0 Å². The second-order valence-electron chi connectivity index (χ2n) is 4.92. The van der Waals surface area contributed by atoms with Gasteiger partial charge in [0.1, 0.15) is 0 Å². The van der Waals surface area contributed by atoms with Crippen LogP contribution in [0.2, 0.25) is 0 Å². The average molecular weight is 311 g/mol. The number of benzene rings is 1. The first-order valence-corrected chi connectivity index (χ1v) is 8.47. The molecule has 2 N–H and O–H groups in total. The smallest absolute Gasteiger partial charge is 0.243 e. The van der Waals surface area contributed by atoms with Crippen molar-refractivity contribution in [2.24, 2.45) is 0 Å². The van der Waals surface area contributed by atoms with Gasteiger partial charge in [-0.25, -0.2) is 8.42 Å². The molecule has 0 bridgehead atoms. The first-order chi connectivity index (χ1) is 10.0. The number of nitrogens with zero attached hydrogens (tertiary/aromatic N) is 1. The van der Waals surface area contributed by atoms with E-state index in [1.807, 2.05) is 6.07 Å². The molecule has 0 saturated carbocycles. The standard InChI is InChI=1S/C14H21N3O3S/c1-3-17(10-14(18)15-2)21(19,20)13-6-4-5-11-9-16-8-7-12(11)13/h4-6,16H,3,7-10H2,1-2H3,(H,15,18). The van der Waals surface area contributed by atoms with Gasteiger partial charge >= 0.3 is 0 Å². The van der Waals surface area contributed by atoms with Gasteiger partial charge in [0.2, 0.25) is 15.9 Å². The van der Waals surface area contributed by atoms with E-state index in [9.17, 15) is 13.2 Å². The maximum atomic E-state index is 12.8. The Balaban J connectivity index is 2.41. The van der Waals surface area contributed by atoms with E-state index < -0.39 is 10.0 Å². The molecule has 0 atom stereocenters. The van der Waals surface area contributed by atoms with Crippen molar-refractivity contribution >= 4 is 15.9 Å². The van der Waals surface area contributed by atoms with E-state index >= 15 is 0 Å². The molecular weight excluding hydrogens is 290 g/mol. The monoisotopic (exact) mass is 311 g/mol. The number of carbonyl (C=O) groups is 1. The van der Waals surface area contributed by atoms with E-state index in [0.717, 1.165) is 17.7 Å². The zero-order valence-corrected chi connectivity index (χ0v) is 13.2. The predicted octanol–water partition coefficient (Wildman–Crippen LogP) is 0.0889. The summed E-state index contributed by atoms with van der Waals surface area (Å²) in [5, 5.41) is 5.69. The van der Waals surface area contributed by atoms with Crippen LogP contribution in [0.1, 0.15) is 18.1 Å². The molecule has 0 fully saturated rings. The van der Waals surface area contributed by atoms with Gasteiger partial charge in [0, 0.05) is 20.1 Å². The number of nitrogens with one attached hydrogen (secondary N) is 2. The predicted molar refractivity (Wildman–Crippen MR) is 80.4 cm³/mol. The van der Waals surface area contributed by atoms with Gasteiger partial charge < -0.3 is 10.6 Å². The number of sulfonamides is 1. The van der Waals surface area contributed by atoms with Crippen LogP contribution in [-0.2, 0) is 27.8 Å². The van der Waals surface area contributed by atoms with E-state index in [2.05, 4.69) is 10.6 Å². The minimum atomic E-state index is -3.65. The van der Waals surface area contributed by atoms with E-state index in [1.54, 1.807) is 19.1 Å². The lowest BCUT2D eigenvalue weighted by atomic mass is 10.0. The van der Waals surface area contributed by atoms with Crippen LogP contribution < -0.4 is 10.6 Å². The third kappa shape index (κ3) is 3.25. The van der Waals surface area contributed by atoms with Gasteiger partial charge in [-0.05, 0) is 30.2 Å². The van der Waals surface area contributed by atoms with E-state index in [0.29, 0.717) is 17.9 Å². The summed E-state index contributed by atoms with van der Waals surface area (Å²) in [6.45, 7) is 3.29. The average Bonchev–Trinajstić information content (AvgIpc) is 2.51. The molecule has 0 radical (unpaired) electrons. The van der Waals surface area contributed by atoms with Gasteiger partial charge in [-0.2, -0.15) is 4.31 Å². The highest BCUT2D eigenvalue weighted by Gasteiger charge is 2.28. The van der Waals surface area contributed by atoms with Gasteiger partial charge in [0.25, 0.3) is 0 Å². The third-order valence-corrected chi connectivity index (χ3v) is 5.67. The first-order valence-electron chi connectivity index (χ1n) is 7.03. The lowest BCUT2D eigenvalue weighted by Crippen LogP contribution is -2.40. The summed E-state index contributed by atoms with van der Waals surface area (Å²) in [6, 6.07) is 5.33. The van der Waals surface area contributed by atoms with Crippen molar-refractivity contribution in [1.82, 2.24) is 14.9 Å². The van der Waals surface area contributed by atoms with E-state index in [-0.39, 0.29) is 19.0 Å². The highest BCUT2D eigenvalue weighted by Crippen LogP contribution is 2.25. The fraction of sp³-hybridized carbons (Fsp3) is 0.500. The molecule has 0 aromatic heterocycles. The fourth-order valence-electron chi connectivity index (χ4n) is 2.48. The molecule has 116 valence electrons. The first kappa shape index (κ1) is 15.9. The molecule has 0 saturated heterocycles. The third-order valence-electron chi connectivity index (χ3n) is 3.67. The molecule has 1 aromatic carbocycles. The van der Waals surface area contributed by atoms with Crippen LogP contribution >= 0.6 is 0 Å². The van der Waals surface area contributed by atoms with Crippen molar-refractivity contribution in [3.8, 4) is 0 Å². The summed E-state index contributed by atoms with van der Waals surface area (Å²) >= 11 is 0. The largest absolute Gasteiger partial charge is 0.358 e. The maximum Gasteiger partial charge on any atom is 0.243 e. The number of amides is 1. The minimum Gasteiger partial charge on any atom is -0.358 e. The van der Waals surface area contributed by atoms with Crippen molar-refractivity contribution in [3.63, 3.8) is 0 Å². The van der Waals surface area contributed by atoms with E-state index in [1.165, 1.54) is 11.4 Å². The van der Waals surface area contributed by atoms with Gasteiger partial charge in [-0.1, -0.05) is 19.1 Å². The highest BCUT2D eigenvalue weighted by molar-refractivity contribution is 7.89. The Kier molecular flexibility index (Phi) is 4.97. The zero-order chi connectivity index (χ0) is 15.5. The molecular formula is C14H21N3O3S.